The summed E-state index contributed by atoms with van der Waals surface area (Å²) in [5, 5.41) is 9.06. The molecule has 0 saturated carbocycles. The van der Waals surface area contributed by atoms with Crippen LogP contribution in [0, 0.1) is 23.2 Å². The maximum atomic E-state index is 9.06. The van der Waals surface area contributed by atoms with Crippen molar-refractivity contribution >= 4 is 5.82 Å². The first-order chi connectivity index (χ1) is 7.70. The van der Waals surface area contributed by atoms with E-state index >= 15 is 0 Å². The lowest BCUT2D eigenvalue weighted by Gasteiger charge is -2.36. The fourth-order valence-corrected chi connectivity index (χ4v) is 2.57. The van der Waals surface area contributed by atoms with Crippen LogP contribution in [0.1, 0.15) is 25.8 Å². The Morgan fingerprint density at radius 2 is 2.06 bits per heavy atom. The maximum absolute atomic E-state index is 9.06. The topological polar surface area (TPSA) is 39.9 Å². The molecule has 0 aromatic carbocycles. The van der Waals surface area contributed by atoms with Crippen LogP contribution in [0.25, 0.3) is 0 Å². The molecule has 1 aromatic rings. The van der Waals surface area contributed by atoms with Crippen molar-refractivity contribution in [2.24, 2.45) is 11.8 Å². The van der Waals surface area contributed by atoms with Crippen molar-refractivity contribution in [3.05, 3.63) is 23.9 Å². The SMILES string of the molecule is C[C@H]1C[C@H](C)CN(c2ncccc2C#N)C1. The van der Waals surface area contributed by atoms with Crippen molar-refractivity contribution in [2.75, 3.05) is 18.0 Å². The van der Waals surface area contributed by atoms with Crippen LogP contribution in [0.15, 0.2) is 18.3 Å². The summed E-state index contributed by atoms with van der Waals surface area (Å²) < 4.78 is 0. The van der Waals surface area contributed by atoms with Crippen LogP contribution in [0.2, 0.25) is 0 Å². The Hall–Kier alpha value is -1.56. The van der Waals surface area contributed by atoms with E-state index in [1.807, 2.05) is 12.1 Å². The quantitative estimate of drug-likeness (QED) is 0.722. The Labute approximate surface area is 96.7 Å². The summed E-state index contributed by atoms with van der Waals surface area (Å²) in [5.41, 5.74) is 0.684. The molecule has 1 aliphatic rings. The molecule has 1 fully saturated rings. The number of rotatable bonds is 1. The smallest absolute Gasteiger partial charge is 0.146 e. The first-order valence-corrected chi connectivity index (χ1v) is 5.80. The Morgan fingerprint density at radius 1 is 1.38 bits per heavy atom. The molecule has 0 radical (unpaired) electrons. The average Bonchev–Trinajstić information content (AvgIpc) is 2.27. The molecule has 2 heterocycles. The van der Waals surface area contributed by atoms with Crippen molar-refractivity contribution in [1.82, 2.24) is 4.98 Å². The van der Waals surface area contributed by atoms with Crippen molar-refractivity contribution in [3.8, 4) is 6.07 Å². The van der Waals surface area contributed by atoms with Gasteiger partial charge in [0.15, 0.2) is 0 Å². The van der Waals surface area contributed by atoms with E-state index in [0.717, 1.165) is 18.9 Å². The van der Waals surface area contributed by atoms with Gasteiger partial charge in [-0.1, -0.05) is 13.8 Å². The van der Waals surface area contributed by atoms with E-state index in [2.05, 4.69) is 29.8 Å². The van der Waals surface area contributed by atoms with E-state index < -0.39 is 0 Å². The minimum Gasteiger partial charge on any atom is -0.355 e. The largest absolute Gasteiger partial charge is 0.355 e. The van der Waals surface area contributed by atoms with Gasteiger partial charge in [0.1, 0.15) is 11.9 Å². The first-order valence-electron chi connectivity index (χ1n) is 5.80. The molecule has 0 amide bonds. The average molecular weight is 215 g/mol. The highest BCUT2D eigenvalue weighted by Crippen LogP contribution is 2.26. The lowest BCUT2D eigenvalue weighted by molar-refractivity contribution is 0.355. The molecular weight excluding hydrogens is 198 g/mol. The summed E-state index contributed by atoms with van der Waals surface area (Å²) in [7, 11) is 0. The van der Waals surface area contributed by atoms with E-state index in [1.54, 1.807) is 6.20 Å². The monoisotopic (exact) mass is 215 g/mol. The zero-order valence-corrected chi connectivity index (χ0v) is 9.85. The summed E-state index contributed by atoms with van der Waals surface area (Å²) in [6, 6.07) is 5.88. The van der Waals surface area contributed by atoms with Gasteiger partial charge in [-0.3, -0.25) is 0 Å². The third-order valence-corrected chi connectivity index (χ3v) is 3.08. The summed E-state index contributed by atoms with van der Waals surface area (Å²) in [4.78, 5) is 6.59. The summed E-state index contributed by atoms with van der Waals surface area (Å²) in [6.45, 7) is 6.54. The second-order valence-corrected chi connectivity index (χ2v) is 4.84. The number of piperidine rings is 1. The Bertz CT molecular complexity index is 398. The van der Waals surface area contributed by atoms with Crippen LogP contribution in [-0.2, 0) is 0 Å². The van der Waals surface area contributed by atoms with E-state index in [1.165, 1.54) is 6.42 Å². The minimum atomic E-state index is 0.678. The van der Waals surface area contributed by atoms with Gasteiger partial charge in [0.25, 0.3) is 0 Å². The predicted octanol–water partition coefficient (Wildman–Crippen LogP) is 2.44. The minimum absolute atomic E-state index is 0.678. The fourth-order valence-electron chi connectivity index (χ4n) is 2.57. The number of hydrogen-bond acceptors (Lipinski definition) is 3. The maximum Gasteiger partial charge on any atom is 0.146 e. The molecule has 0 N–H and O–H groups in total. The lowest BCUT2D eigenvalue weighted by atomic mass is 9.92. The Balaban J connectivity index is 2.26. The van der Waals surface area contributed by atoms with Gasteiger partial charge in [-0.25, -0.2) is 4.98 Å². The fraction of sp³-hybridized carbons (Fsp3) is 0.538. The number of nitrogens with zero attached hydrogens (tertiary/aromatic N) is 3. The van der Waals surface area contributed by atoms with Crippen LogP contribution in [0.3, 0.4) is 0 Å². The zero-order chi connectivity index (χ0) is 11.5. The van der Waals surface area contributed by atoms with Crippen LogP contribution in [0.5, 0.6) is 0 Å². The van der Waals surface area contributed by atoms with Crippen LogP contribution in [-0.4, -0.2) is 18.1 Å². The van der Waals surface area contributed by atoms with Crippen LogP contribution in [0.4, 0.5) is 5.82 Å². The highest BCUT2D eigenvalue weighted by Gasteiger charge is 2.24. The Morgan fingerprint density at radius 3 is 2.69 bits per heavy atom. The molecule has 0 bridgehead atoms. The molecule has 1 aromatic heterocycles. The molecule has 1 saturated heterocycles. The highest BCUT2D eigenvalue weighted by molar-refractivity contribution is 5.53. The number of anilines is 1. The van der Waals surface area contributed by atoms with Crippen LogP contribution < -0.4 is 4.90 Å². The molecule has 84 valence electrons. The predicted molar refractivity (Wildman–Crippen MR) is 64.1 cm³/mol. The van der Waals surface area contributed by atoms with Gasteiger partial charge in [-0.05, 0) is 30.4 Å². The van der Waals surface area contributed by atoms with E-state index in [-0.39, 0.29) is 0 Å². The number of pyridine rings is 1. The number of hydrogen-bond donors (Lipinski definition) is 0. The number of aromatic nitrogens is 1. The standard InChI is InChI=1S/C13H17N3/c1-10-6-11(2)9-16(8-10)13-12(7-14)4-3-5-15-13/h3-5,10-11H,6,8-9H2,1-2H3/t10-,11-/m0/s1. The molecule has 1 aliphatic heterocycles. The van der Waals surface area contributed by atoms with E-state index in [0.29, 0.717) is 17.4 Å². The van der Waals surface area contributed by atoms with Gasteiger partial charge in [0, 0.05) is 19.3 Å². The molecule has 16 heavy (non-hydrogen) atoms. The van der Waals surface area contributed by atoms with Gasteiger partial charge in [-0.2, -0.15) is 5.26 Å². The van der Waals surface area contributed by atoms with Gasteiger partial charge >= 0.3 is 0 Å². The summed E-state index contributed by atoms with van der Waals surface area (Å²) in [6.07, 6.45) is 3.03. The second kappa shape index (κ2) is 4.52. The van der Waals surface area contributed by atoms with Crippen molar-refractivity contribution in [3.63, 3.8) is 0 Å². The molecule has 3 nitrogen and oxygen atoms in total. The lowest BCUT2D eigenvalue weighted by Crippen LogP contribution is -2.39. The molecular formula is C13H17N3. The molecule has 0 spiro atoms. The van der Waals surface area contributed by atoms with Gasteiger partial charge in [0.2, 0.25) is 0 Å². The van der Waals surface area contributed by atoms with Crippen LogP contribution >= 0.6 is 0 Å². The molecule has 2 atom stereocenters. The zero-order valence-electron chi connectivity index (χ0n) is 9.85. The normalized spacial score (nSPS) is 25.2. The third-order valence-electron chi connectivity index (χ3n) is 3.08. The molecule has 0 aliphatic carbocycles. The Kier molecular flexibility index (Phi) is 3.09. The van der Waals surface area contributed by atoms with Crippen molar-refractivity contribution in [2.45, 2.75) is 20.3 Å². The summed E-state index contributed by atoms with van der Waals surface area (Å²) in [5.74, 6) is 2.21. The van der Waals surface area contributed by atoms with E-state index in [9.17, 15) is 0 Å². The van der Waals surface area contributed by atoms with Gasteiger partial charge < -0.3 is 4.90 Å². The van der Waals surface area contributed by atoms with Gasteiger partial charge in [-0.15, -0.1) is 0 Å². The molecule has 0 unspecified atom stereocenters. The third kappa shape index (κ3) is 2.16. The highest BCUT2D eigenvalue weighted by atomic mass is 15.2. The first kappa shape index (κ1) is 10.9. The van der Waals surface area contributed by atoms with Gasteiger partial charge in [0.05, 0.1) is 5.56 Å². The number of nitriles is 1. The van der Waals surface area contributed by atoms with Crippen molar-refractivity contribution < 1.29 is 0 Å². The second-order valence-electron chi connectivity index (χ2n) is 4.84. The van der Waals surface area contributed by atoms with E-state index in [4.69, 9.17) is 5.26 Å². The molecule has 3 heteroatoms. The summed E-state index contributed by atoms with van der Waals surface area (Å²) >= 11 is 0. The molecule has 2 rings (SSSR count). The van der Waals surface area contributed by atoms with Crippen molar-refractivity contribution in [1.29, 1.82) is 5.26 Å².